The molecule has 0 N–H and O–H groups in total. The van der Waals surface area contributed by atoms with Crippen molar-refractivity contribution in [3.05, 3.63) is 29.8 Å². The van der Waals surface area contributed by atoms with E-state index in [0.29, 0.717) is 18.0 Å². The fourth-order valence-electron chi connectivity index (χ4n) is 2.13. The van der Waals surface area contributed by atoms with Crippen molar-refractivity contribution >= 4 is 22.6 Å². The first-order valence-corrected chi connectivity index (χ1v) is 7.07. The van der Waals surface area contributed by atoms with Crippen LogP contribution in [0.3, 0.4) is 0 Å². The summed E-state index contributed by atoms with van der Waals surface area (Å²) in [5.41, 5.74) is 1.57. The molecule has 0 aliphatic carbocycles. The Morgan fingerprint density at radius 2 is 2.20 bits per heavy atom. The van der Waals surface area contributed by atoms with Crippen molar-refractivity contribution in [3.63, 3.8) is 0 Å². The van der Waals surface area contributed by atoms with Gasteiger partial charge >= 0.3 is 0 Å². The Bertz CT molecular complexity index is 573. The SMILES string of the molecule is COCCN(C)CCn1c(CCl)nc2cc(F)ccc21. The summed E-state index contributed by atoms with van der Waals surface area (Å²) in [6.45, 7) is 3.20. The Kier molecular flexibility index (Phi) is 5.34. The van der Waals surface area contributed by atoms with E-state index in [4.69, 9.17) is 16.3 Å². The van der Waals surface area contributed by atoms with Gasteiger partial charge in [0.05, 0.1) is 23.5 Å². The van der Waals surface area contributed by atoms with Gasteiger partial charge in [-0.2, -0.15) is 0 Å². The van der Waals surface area contributed by atoms with Crippen molar-refractivity contribution in [3.8, 4) is 0 Å². The van der Waals surface area contributed by atoms with Gasteiger partial charge in [-0.1, -0.05) is 0 Å². The van der Waals surface area contributed by atoms with Crippen molar-refractivity contribution in [2.24, 2.45) is 0 Å². The van der Waals surface area contributed by atoms with Crippen LogP contribution in [0, 0.1) is 5.82 Å². The maximum atomic E-state index is 13.2. The fourth-order valence-corrected chi connectivity index (χ4v) is 2.34. The number of likely N-dealkylation sites (N-methyl/N-ethyl adjacent to an activating group) is 1. The topological polar surface area (TPSA) is 30.3 Å². The molecule has 0 spiro atoms. The molecule has 6 heteroatoms. The number of nitrogens with zero attached hydrogens (tertiary/aromatic N) is 3. The molecule has 0 aliphatic rings. The van der Waals surface area contributed by atoms with Crippen molar-refractivity contribution in [1.29, 1.82) is 0 Å². The molecule has 0 amide bonds. The molecule has 1 aromatic carbocycles. The lowest BCUT2D eigenvalue weighted by molar-refractivity contribution is 0.159. The molecule has 0 saturated heterocycles. The average Bonchev–Trinajstić information content (AvgIpc) is 2.79. The van der Waals surface area contributed by atoms with E-state index in [1.54, 1.807) is 13.2 Å². The fraction of sp³-hybridized carbons (Fsp3) is 0.500. The van der Waals surface area contributed by atoms with Crippen molar-refractivity contribution in [2.45, 2.75) is 12.4 Å². The first-order valence-electron chi connectivity index (χ1n) is 6.54. The zero-order valence-corrected chi connectivity index (χ0v) is 12.5. The summed E-state index contributed by atoms with van der Waals surface area (Å²) in [6.07, 6.45) is 0. The summed E-state index contributed by atoms with van der Waals surface area (Å²) in [7, 11) is 3.73. The first-order chi connectivity index (χ1) is 9.65. The minimum absolute atomic E-state index is 0.277. The van der Waals surface area contributed by atoms with Gasteiger partial charge in [-0.25, -0.2) is 9.37 Å². The van der Waals surface area contributed by atoms with Gasteiger partial charge in [0.25, 0.3) is 0 Å². The second kappa shape index (κ2) is 7.02. The van der Waals surface area contributed by atoms with Crippen LogP contribution in [-0.2, 0) is 17.2 Å². The molecule has 1 heterocycles. The molecule has 4 nitrogen and oxygen atoms in total. The number of fused-ring (bicyclic) bond motifs is 1. The number of aromatic nitrogens is 2. The Morgan fingerprint density at radius 3 is 2.90 bits per heavy atom. The van der Waals surface area contributed by atoms with Crippen LogP contribution in [0.15, 0.2) is 18.2 Å². The summed E-state index contributed by atoms with van der Waals surface area (Å²) in [5.74, 6) is 0.811. The highest BCUT2D eigenvalue weighted by molar-refractivity contribution is 6.16. The number of halogens is 2. The van der Waals surface area contributed by atoms with Gasteiger partial charge in [0, 0.05) is 32.8 Å². The molecule has 2 aromatic rings. The van der Waals surface area contributed by atoms with E-state index in [-0.39, 0.29) is 5.82 Å². The van der Waals surface area contributed by atoms with E-state index in [1.165, 1.54) is 12.1 Å². The van der Waals surface area contributed by atoms with Crippen LogP contribution in [0.4, 0.5) is 4.39 Å². The quantitative estimate of drug-likeness (QED) is 0.736. The zero-order valence-electron chi connectivity index (χ0n) is 11.8. The molecule has 0 saturated carbocycles. The lowest BCUT2D eigenvalue weighted by Gasteiger charge is -2.17. The van der Waals surface area contributed by atoms with Gasteiger partial charge in [0.15, 0.2) is 0 Å². The van der Waals surface area contributed by atoms with Crippen LogP contribution in [0.1, 0.15) is 5.82 Å². The van der Waals surface area contributed by atoms with Crippen LogP contribution in [0.25, 0.3) is 11.0 Å². The number of alkyl halides is 1. The predicted octanol–water partition coefficient (Wildman–Crippen LogP) is 2.49. The van der Waals surface area contributed by atoms with Gasteiger partial charge in [0.1, 0.15) is 11.6 Å². The van der Waals surface area contributed by atoms with Gasteiger partial charge in [-0.3, -0.25) is 0 Å². The zero-order chi connectivity index (χ0) is 14.5. The minimum Gasteiger partial charge on any atom is -0.383 e. The van der Waals surface area contributed by atoms with Crippen LogP contribution in [0.2, 0.25) is 0 Å². The van der Waals surface area contributed by atoms with Gasteiger partial charge < -0.3 is 14.2 Å². The highest BCUT2D eigenvalue weighted by Crippen LogP contribution is 2.18. The molecule has 0 fully saturated rings. The third-order valence-corrected chi connectivity index (χ3v) is 3.53. The Labute approximate surface area is 123 Å². The maximum Gasteiger partial charge on any atom is 0.125 e. The largest absolute Gasteiger partial charge is 0.383 e. The summed E-state index contributed by atoms with van der Waals surface area (Å²) in [5, 5.41) is 0. The first kappa shape index (κ1) is 15.2. The maximum absolute atomic E-state index is 13.2. The molecule has 0 radical (unpaired) electrons. The number of imidazole rings is 1. The van der Waals surface area contributed by atoms with Crippen molar-refractivity contribution in [2.75, 3.05) is 33.9 Å². The van der Waals surface area contributed by atoms with E-state index in [9.17, 15) is 4.39 Å². The molecule has 1 aromatic heterocycles. The van der Waals surface area contributed by atoms with Crippen molar-refractivity contribution < 1.29 is 9.13 Å². The van der Waals surface area contributed by atoms with Crippen LogP contribution in [0.5, 0.6) is 0 Å². The Hall–Kier alpha value is -1.17. The summed E-state index contributed by atoms with van der Waals surface area (Å²) >= 11 is 5.93. The average molecular weight is 300 g/mol. The second-order valence-corrected chi connectivity index (χ2v) is 5.01. The van der Waals surface area contributed by atoms with Crippen LogP contribution in [-0.4, -0.2) is 48.3 Å². The number of ether oxygens (including phenoxy) is 1. The van der Waals surface area contributed by atoms with E-state index >= 15 is 0 Å². The number of methoxy groups -OCH3 is 1. The smallest absolute Gasteiger partial charge is 0.125 e. The highest BCUT2D eigenvalue weighted by atomic mass is 35.5. The molecular formula is C14H19ClFN3O. The van der Waals surface area contributed by atoms with Crippen LogP contribution >= 0.6 is 11.6 Å². The minimum atomic E-state index is -0.277. The number of rotatable bonds is 7. The Balaban J connectivity index is 2.15. The van der Waals surface area contributed by atoms with Gasteiger partial charge in [-0.15, -0.1) is 11.6 Å². The molecule has 0 atom stereocenters. The molecular weight excluding hydrogens is 281 g/mol. The monoisotopic (exact) mass is 299 g/mol. The van der Waals surface area contributed by atoms with Gasteiger partial charge in [0.2, 0.25) is 0 Å². The number of hydrogen-bond acceptors (Lipinski definition) is 3. The summed E-state index contributed by atoms with van der Waals surface area (Å²) in [4.78, 5) is 6.56. The highest BCUT2D eigenvalue weighted by Gasteiger charge is 2.11. The van der Waals surface area contributed by atoms with E-state index < -0.39 is 0 Å². The van der Waals surface area contributed by atoms with Crippen molar-refractivity contribution in [1.82, 2.24) is 14.5 Å². The third-order valence-electron chi connectivity index (χ3n) is 3.29. The van der Waals surface area contributed by atoms with E-state index in [0.717, 1.165) is 31.0 Å². The molecule has 110 valence electrons. The van der Waals surface area contributed by atoms with Gasteiger partial charge in [-0.05, 0) is 19.2 Å². The number of hydrogen-bond donors (Lipinski definition) is 0. The lowest BCUT2D eigenvalue weighted by Crippen LogP contribution is -2.27. The standard InChI is InChI=1S/C14H19ClFN3O/c1-18(7-8-20-2)5-6-19-13-4-3-11(16)9-12(13)17-14(19)10-15/h3-4,9H,5-8,10H2,1-2H3. The molecule has 0 unspecified atom stereocenters. The third kappa shape index (κ3) is 3.48. The molecule has 0 bridgehead atoms. The lowest BCUT2D eigenvalue weighted by atomic mass is 10.3. The summed E-state index contributed by atoms with van der Waals surface area (Å²) in [6, 6.07) is 4.65. The van der Waals surface area contributed by atoms with E-state index in [2.05, 4.69) is 9.88 Å². The number of benzene rings is 1. The molecule has 0 aliphatic heterocycles. The Morgan fingerprint density at radius 1 is 1.40 bits per heavy atom. The second-order valence-electron chi connectivity index (χ2n) is 4.74. The summed E-state index contributed by atoms with van der Waals surface area (Å²) < 4.78 is 20.3. The normalized spacial score (nSPS) is 11.7. The molecule has 20 heavy (non-hydrogen) atoms. The predicted molar refractivity (Wildman–Crippen MR) is 78.6 cm³/mol. The van der Waals surface area contributed by atoms with E-state index in [1.807, 2.05) is 11.6 Å². The molecule has 2 rings (SSSR count). The van der Waals surface area contributed by atoms with Crippen LogP contribution < -0.4 is 0 Å².